The van der Waals surface area contributed by atoms with E-state index in [1.54, 1.807) is 19.2 Å². The van der Waals surface area contributed by atoms with Crippen molar-refractivity contribution >= 4 is 11.9 Å². The van der Waals surface area contributed by atoms with Crippen LogP contribution in [-0.4, -0.2) is 19.3 Å². The average Bonchev–Trinajstić information content (AvgIpc) is 3.04. The lowest BCUT2D eigenvalue weighted by Crippen LogP contribution is -2.42. The molecule has 3 aliphatic carbocycles. The number of hydrogen-bond acceptors (Lipinski definition) is 3. The molecule has 0 aliphatic heterocycles. The maximum absolute atomic E-state index is 13.5. The van der Waals surface area contributed by atoms with Crippen molar-refractivity contribution in [3.05, 3.63) is 64.7 Å². The first-order valence-corrected chi connectivity index (χ1v) is 11.5. The minimum Gasteiger partial charge on any atom is -0.497 e. The van der Waals surface area contributed by atoms with Crippen LogP contribution in [0.2, 0.25) is 0 Å². The largest absolute Gasteiger partial charge is 0.573 e. The van der Waals surface area contributed by atoms with E-state index >= 15 is 0 Å². The highest BCUT2D eigenvalue weighted by Gasteiger charge is 2.56. The van der Waals surface area contributed by atoms with Crippen molar-refractivity contribution < 1.29 is 27.4 Å². The zero-order valence-corrected chi connectivity index (χ0v) is 18.7. The molecule has 33 heavy (non-hydrogen) atoms. The Morgan fingerprint density at radius 3 is 2.48 bits per heavy atom. The van der Waals surface area contributed by atoms with Crippen LogP contribution in [0.3, 0.4) is 0 Å². The van der Waals surface area contributed by atoms with Gasteiger partial charge >= 0.3 is 6.36 Å². The molecule has 0 saturated heterocycles. The lowest BCUT2D eigenvalue weighted by atomic mass is 9.55. The standard InChI is InChI=1S/C27H27F3O3/c1-26-12-11-22-21-10-8-20(32-2)14-17(21)5-9-23(22)24(26)15-18(25(26)31)13-16-3-6-19(7-4-16)33-27(28,29)30/h3-4,6-8,10,13-14,22-24H,5,9,11-12,15H2,1-2H3/b18-13-. The normalized spacial score (nSPS) is 29.9. The molecule has 2 saturated carbocycles. The van der Waals surface area contributed by atoms with Crippen LogP contribution in [0, 0.1) is 17.3 Å². The van der Waals surface area contributed by atoms with Gasteiger partial charge < -0.3 is 9.47 Å². The third-order valence-electron chi connectivity index (χ3n) is 8.03. The molecule has 5 rings (SSSR count). The summed E-state index contributed by atoms with van der Waals surface area (Å²) in [5.41, 5.74) is 3.90. The summed E-state index contributed by atoms with van der Waals surface area (Å²) in [6, 6.07) is 12.1. The molecule has 0 aromatic heterocycles. The molecule has 0 N–H and O–H groups in total. The number of alkyl halides is 3. The Hall–Kier alpha value is -2.76. The maximum atomic E-state index is 13.5. The summed E-state index contributed by atoms with van der Waals surface area (Å²) < 4.78 is 46.6. The molecule has 4 unspecified atom stereocenters. The second-order valence-corrected chi connectivity index (χ2v) is 9.76. The van der Waals surface area contributed by atoms with Crippen molar-refractivity contribution in [3.63, 3.8) is 0 Å². The molecule has 2 aromatic rings. The van der Waals surface area contributed by atoms with E-state index in [0.29, 0.717) is 17.4 Å². The number of benzene rings is 2. The van der Waals surface area contributed by atoms with Crippen LogP contribution in [0.15, 0.2) is 48.0 Å². The lowest BCUT2D eigenvalue weighted by Gasteiger charge is -2.48. The molecule has 0 amide bonds. The van der Waals surface area contributed by atoms with Crippen LogP contribution in [0.25, 0.3) is 6.08 Å². The van der Waals surface area contributed by atoms with E-state index in [-0.39, 0.29) is 22.9 Å². The average molecular weight is 457 g/mol. The fourth-order valence-electron chi connectivity index (χ4n) is 6.45. The van der Waals surface area contributed by atoms with E-state index in [9.17, 15) is 18.0 Å². The Labute approximate surface area is 191 Å². The van der Waals surface area contributed by atoms with Crippen LogP contribution in [0.4, 0.5) is 13.2 Å². The topological polar surface area (TPSA) is 35.5 Å². The van der Waals surface area contributed by atoms with Gasteiger partial charge in [-0.2, -0.15) is 0 Å². The van der Waals surface area contributed by atoms with Gasteiger partial charge in [-0.15, -0.1) is 13.2 Å². The van der Waals surface area contributed by atoms with Crippen molar-refractivity contribution in [3.8, 4) is 11.5 Å². The van der Waals surface area contributed by atoms with Gasteiger partial charge in [0.25, 0.3) is 0 Å². The molecule has 2 fully saturated rings. The van der Waals surface area contributed by atoms with Crippen LogP contribution in [0.1, 0.15) is 55.2 Å². The van der Waals surface area contributed by atoms with E-state index < -0.39 is 6.36 Å². The SMILES string of the molecule is COc1ccc2c(c1)CCC1C2CCC2(C)C(=O)/C(=C\c3ccc(OC(F)(F)F)cc3)CC12. The summed E-state index contributed by atoms with van der Waals surface area (Å²) in [6.45, 7) is 2.11. The fourth-order valence-corrected chi connectivity index (χ4v) is 6.45. The van der Waals surface area contributed by atoms with E-state index in [1.807, 2.05) is 12.1 Å². The van der Waals surface area contributed by atoms with Gasteiger partial charge in [0.15, 0.2) is 5.78 Å². The highest BCUT2D eigenvalue weighted by atomic mass is 19.4. The monoisotopic (exact) mass is 456 g/mol. The number of hydrogen-bond donors (Lipinski definition) is 0. The highest BCUT2D eigenvalue weighted by Crippen LogP contribution is 2.61. The zero-order chi connectivity index (χ0) is 23.4. The van der Waals surface area contributed by atoms with Gasteiger partial charge in [-0.25, -0.2) is 0 Å². The van der Waals surface area contributed by atoms with E-state index in [1.165, 1.54) is 23.3 Å². The number of halogens is 3. The van der Waals surface area contributed by atoms with Gasteiger partial charge in [-0.1, -0.05) is 25.1 Å². The molecule has 3 nitrogen and oxygen atoms in total. The predicted molar refractivity (Wildman–Crippen MR) is 119 cm³/mol. The minimum absolute atomic E-state index is 0.196. The van der Waals surface area contributed by atoms with E-state index in [0.717, 1.165) is 43.4 Å². The number of carbonyl (C=O) groups excluding carboxylic acids is 1. The van der Waals surface area contributed by atoms with Crippen molar-refractivity contribution in [2.45, 2.75) is 51.3 Å². The molecule has 0 heterocycles. The third kappa shape index (κ3) is 3.94. The molecule has 2 aromatic carbocycles. The Balaban J connectivity index is 1.39. The quantitative estimate of drug-likeness (QED) is 0.482. The van der Waals surface area contributed by atoms with Gasteiger partial charge in [0, 0.05) is 5.41 Å². The number of ether oxygens (including phenoxy) is 2. The van der Waals surface area contributed by atoms with Crippen LogP contribution in [0.5, 0.6) is 11.5 Å². The molecule has 0 radical (unpaired) electrons. The van der Waals surface area contributed by atoms with Crippen LogP contribution >= 0.6 is 0 Å². The second kappa shape index (κ2) is 7.93. The van der Waals surface area contributed by atoms with Crippen molar-refractivity contribution in [2.24, 2.45) is 17.3 Å². The summed E-state index contributed by atoms with van der Waals surface area (Å²) in [4.78, 5) is 13.5. The number of ketones is 1. The number of fused-ring (bicyclic) bond motifs is 5. The Bertz CT molecular complexity index is 1100. The summed E-state index contributed by atoms with van der Waals surface area (Å²) in [7, 11) is 1.69. The molecule has 0 bridgehead atoms. The highest BCUT2D eigenvalue weighted by molar-refractivity contribution is 6.06. The summed E-state index contributed by atoms with van der Waals surface area (Å²) in [5, 5.41) is 0. The molecule has 3 aliphatic rings. The molecular formula is C27H27F3O3. The van der Waals surface area contributed by atoms with Gasteiger partial charge in [0.2, 0.25) is 0 Å². The van der Waals surface area contributed by atoms with E-state index in [4.69, 9.17) is 4.74 Å². The first-order valence-electron chi connectivity index (χ1n) is 11.5. The van der Waals surface area contributed by atoms with Crippen molar-refractivity contribution in [1.82, 2.24) is 0 Å². The summed E-state index contributed by atoms with van der Waals surface area (Å²) in [6.07, 6.45) is 1.77. The van der Waals surface area contributed by atoms with Gasteiger partial charge in [-0.3, -0.25) is 4.79 Å². The summed E-state index contributed by atoms with van der Waals surface area (Å²) in [5.74, 6) is 2.04. The number of carbonyl (C=O) groups is 1. The number of rotatable bonds is 3. The maximum Gasteiger partial charge on any atom is 0.573 e. The van der Waals surface area contributed by atoms with Gasteiger partial charge in [-0.05, 0) is 102 Å². The number of Topliss-reactive ketones (excluding diaryl/α,β-unsaturated/α-hetero) is 1. The third-order valence-corrected chi connectivity index (χ3v) is 8.03. The molecule has 0 spiro atoms. The first-order chi connectivity index (χ1) is 15.7. The van der Waals surface area contributed by atoms with E-state index in [2.05, 4.69) is 23.8 Å². The van der Waals surface area contributed by atoms with Gasteiger partial charge in [0.05, 0.1) is 7.11 Å². The Morgan fingerprint density at radius 1 is 1.06 bits per heavy atom. The van der Waals surface area contributed by atoms with Crippen LogP contribution in [-0.2, 0) is 11.2 Å². The smallest absolute Gasteiger partial charge is 0.497 e. The number of allylic oxidation sites excluding steroid dienone is 1. The molecule has 4 atom stereocenters. The number of aryl methyl sites for hydroxylation is 1. The first kappa shape index (κ1) is 22.1. The Morgan fingerprint density at radius 2 is 1.79 bits per heavy atom. The van der Waals surface area contributed by atoms with Crippen molar-refractivity contribution in [2.75, 3.05) is 7.11 Å². The fraction of sp³-hybridized carbons (Fsp3) is 0.444. The summed E-state index contributed by atoms with van der Waals surface area (Å²) >= 11 is 0. The minimum atomic E-state index is -4.72. The molecule has 6 heteroatoms. The lowest BCUT2D eigenvalue weighted by molar-refractivity contribution is -0.274. The Kier molecular flexibility index (Phi) is 5.30. The number of methoxy groups -OCH3 is 1. The zero-order valence-electron chi connectivity index (χ0n) is 18.7. The molecular weight excluding hydrogens is 429 g/mol. The predicted octanol–water partition coefficient (Wildman–Crippen LogP) is 6.71. The van der Waals surface area contributed by atoms with Crippen LogP contribution < -0.4 is 9.47 Å². The molecule has 174 valence electrons. The van der Waals surface area contributed by atoms with Crippen molar-refractivity contribution in [1.29, 1.82) is 0 Å². The van der Waals surface area contributed by atoms with Gasteiger partial charge in [0.1, 0.15) is 11.5 Å². The second-order valence-electron chi connectivity index (χ2n) is 9.76.